The van der Waals surface area contributed by atoms with Gasteiger partial charge in [-0.15, -0.1) is 0 Å². The second-order valence-corrected chi connectivity index (χ2v) is 8.46. The van der Waals surface area contributed by atoms with Gasteiger partial charge in [0, 0.05) is 0 Å². The number of carbonyl (C=O) groups excluding carboxylic acids is 1. The molecule has 0 aliphatic heterocycles. The molecule has 3 heteroatoms. The van der Waals surface area contributed by atoms with E-state index in [1.807, 2.05) is 0 Å². The molecule has 24 heavy (non-hydrogen) atoms. The smallest absolute Gasteiger partial charge is 0.319 e. The van der Waals surface area contributed by atoms with Crippen LogP contribution in [0.25, 0.3) is 0 Å². The molecule has 0 N–H and O–H groups in total. The first-order chi connectivity index (χ1) is 11.7. The summed E-state index contributed by atoms with van der Waals surface area (Å²) in [4.78, 5) is 11.1. The van der Waals surface area contributed by atoms with Crippen molar-refractivity contribution in [2.75, 3.05) is 6.61 Å². The van der Waals surface area contributed by atoms with Crippen molar-refractivity contribution in [2.24, 2.45) is 0 Å². The molecule has 0 aromatic rings. The van der Waals surface area contributed by atoms with Gasteiger partial charge in [-0.3, -0.25) is 4.79 Å². The van der Waals surface area contributed by atoms with E-state index in [2.05, 4.69) is 22.9 Å². The second-order valence-electron chi connectivity index (χ2n) is 7.09. The van der Waals surface area contributed by atoms with Crippen molar-refractivity contribution in [1.29, 1.82) is 0 Å². The molecule has 144 valence electrons. The number of hydrogen-bond donors (Lipinski definition) is 0. The van der Waals surface area contributed by atoms with Gasteiger partial charge in [0.15, 0.2) is 0 Å². The van der Waals surface area contributed by atoms with Gasteiger partial charge < -0.3 is 4.74 Å². The lowest BCUT2D eigenvalue weighted by molar-refractivity contribution is -0.142. The van der Waals surface area contributed by atoms with Crippen LogP contribution in [0.5, 0.6) is 0 Å². The fourth-order valence-corrected chi connectivity index (χ4v) is 3.07. The highest BCUT2D eigenvalue weighted by Crippen LogP contribution is 2.13. The van der Waals surface area contributed by atoms with E-state index in [1.54, 1.807) is 6.92 Å². The number of unbranched alkanes of at least 4 members (excludes halogenated alkanes) is 15. The van der Waals surface area contributed by atoms with Crippen LogP contribution in [0.4, 0.5) is 0 Å². The Kier molecular flexibility index (Phi) is 19.2. The quantitative estimate of drug-likeness (QED) is 0.133. The predicted molar refractivity (Wildman–Crippen MR) is 109 cm³/mol. The summed E-state index contributed by atoms with van der Waals surface area (Å²) in [6, 6.07) is 0. The van der Waals surface area contributed by atoms with Gasteiger partial charge in [0.25, 0.3) is 0 Å². The molecule has 0 amide bonds. The highest BCUT2D eigenvalue weighted by Gasteiger charge is 2.08. The van der Waals surface area contributed by atoms with Crippen LogP contribution < -0.4 is 0 Å². The Balaban J connectivity index is 3.04. The summed E-state index contributed by atoms with van der Waals surface area (Å²) in [5, 5.41) is 0. The first kappa shape index (κ1) is 23.9. The lowest BCUT2D eigenvalue weighted by atomic mass is 10.0. The van der Waals surface area contributed by atoms with E-state index in [4.69, 9.17) is 4.74 Å². The molecule has 0 spiro atoms. The van der Waals surface area contributed by atoms with Gasteiger partial charge in [-0.25, -0.2) is 0 Å². The second kappa shape index (κ2) is 19.3. The fraction of sp³-hybridized carbons (Fsp3) is 0.952. The van der Waals surface area contributed by atoms with E-state index >= 15 is 0 Å². The predicted octanol–water partition coefficient (Wildman–Crippen LogP) is 7.57. The number of ether oxygens (including phenoxy) is 1. The Bertz CT molecular complexity index is 267. The van der Waals surface area contributed by atoms with Crippen LogP contribution in [0, 0.1) is 0 Å². The molecule has 0 aliphatic rings. The van der Waals surface area contributed by atoms with E-state index in [-0.39, 0.29) is 10.8 Å². The Hall–Kier alpha value is -0.0500. The zero-order valence-electron chi connectivity index (χ0n) is 16.3. The summed E-state index contributed by atoms with van der Waals surface area (Å²) < 4.78 is 5.14. The summed E-state index contributed by atoms with van der Waals surface area (Å²) in [5.41, 5.74) is 0. The molecular weight excluding hydrogens is 364 g/mol. The number of rotatable bonds is 18. The molecule has 2 nitrogen and oxygen atoms in total. The number of hydrogen-bond acceptors (Lipinski definition) is 2. The average molecular weight is 405 g/mol. The van der Waals surface area contributed by atoms with E-state index in [0.717, 1.165) is 6.42 Å². The topological polar surface area (TPSA) is 26.3 Å². The summed E-state index contributed by atoms with van der Waals surface area (Å²) >= 11 is 3.22. The Morgan fingerprint density at radius 1 is 0.708 bits per heavy atom. The minimum absolute atomic E-state index is 0.143. The monoisotopic (exact) mass is 404 g/mol. The lowest BCUT2D eigenvalue weighted by Crippen LogP contribution is -2.14. The maximum atomic E-state index is 11.2. The highest BCUT2D eigenvalue weighted by molar-refractivity contribution is 9.10. The van der Waals surface area contributed by atoms with Gasteiger partial charge in [0.05, 0.1) is 6.61 Å². The zero-order valence-corrected chi connectivity index (χ0v) is 17.9. The third-order valence-electron chi connectivity index (χ3n) is 4.57. The van der Waals surface area contributed by atoms with Gasteiger partial charge >= 0.3 is 5.97 Å². The highest BCUT2D eigenvalue weighted by atomic mass is 79.9. The molecular formula is C21H41BrO2. The lowest BCUT2D eigenvalue weighted by Gasteiger charge is -2.06. The van der Waals surface area contributed by atoms with E-state index in [1.165, 1.54) is 96.3 Å². The fourth-order valence-electron chi connectivity index (χ4n) is 2.94. The van der Waals surface area contributed by atoms with Crippen molar-refractivity contribution in [1.82, 2.24) is 0 Å². The van der Waals surface area contributed by atoms with Gasteiger partial charge in [-0.1, -0.05) is 119 Å². The third-order valence-corrected chi connectivity index (χ3v) is 4.94. The van der Waals surface area contributed by atoms with Crippen molar-refractivity contribution in [3.63, 3.8) is 0 Å². The molecule has 0 radical (unpaired) electrons. The summed E-state index contributed by atoms with van der Waals surface area (Å²) in [6.07, 6.45) is 21.8. The number of esters is 1. The molecule has 0 bridgehead atoms. The standard InChI is InChI=1S/C21H41BrO2/c1-3-4-5-6-7-8-9-10-11-12-13-14-15-16-17-18-19-24-21(23)20(2)22/h20H,3-19H2,1-2H3. The SMILES string of the molecule is CCCCCCCCCCCCCCCCCCOC(=O)C(C)Br. The first-order valence-electron chi connectivity index (χ1n) is 10.5. The molecule has 0 heterocycles. The van der Waals surface area contributed by atoms with Crippen molar-refractivity contribution < 1.29 is 9.53 Å². The maximum Gasteiger partial charge on any atom is 0.319 e. The van der Waals surface area contributed by atoms with Crippen LogP contribution in [0.1, 0.15) is 117 Å². The zero-order chi connectivity index (χ0) is 17.9. The third kappa shape index (κ3) is 18.3. The summed E-state index contributed by atoms with van der Waals surface area (Å²) in [7, 11) is 0. The van der Waals surface area contributed by atoms with Crippen LogP contribution in [0.15, 0.2) is 0 Å². The number of halogens is 1. The van der Waals surface area contributed by atoms with Gasteiger partial charge in [-0.05, 0) is 13.3 Å². The van der Waals surface area contributed by atoms with E-state index < -0.39 is 0 Å². The minimum atomic E-state index is -0.182. The maximum absolute atomic E-state index is 11.2. The Labute approximate surface area is 159 Å². The minimum Gasteiger partial charge on any atom is -0.465 e. The molecule has 0 aromatic heterocycles. The van der Waals surface area contributed by atoms with E-state index in [0.29, 0.717) is 6.61 Å². The van der Waals surface area contributed by atoms with Crippen molar-refractivity contribution in [2.45, 2.75) is 121 Å². The normalized spacial score (nSPS) is 12.3. The van der Waals surface area contributed by atoms with Crippen LogP contribution in [0.2, 0.25) is 0 Å². The molecule has 0 saturated carbocycles. The summed E-state index contributed by atoms with van der Waals surface area (Å²) in [5.74, 6) is -0.143. The Morgan fingerprint density at radius 2 is 1.04 bits per heavy atom. The van der Waals surface area contributed by atoms with Crippen molar-refractivity contribution >= 4 is 21.9 Å². The molecule has 0 fully saturated rings. The van der Waals surface area contributed by atoms with Crippen LogP contribution in [0.3, 0.4) is 0 Å². The molecule has 1 atom stereocenters. The molecule has 0 saturated heterocycles. The molecule has 0 aromatic carbocycles. The van der Waals surface area contributed by atoms with E-state index in [9.17, 15) is 4.79 Å². The van der Waals surface area contributed by atoms with Crippen LogP contribution in [-0.2, 0) is 9.53 Å². The molecule has 0 rings (SSSR count). The Morgan fingerprint density at radius 3 is 1.38 bits per heavy atom. The van der Waals surface area contributed by atoms with Gasteiger partial charge in [-0.2, -0.15) is 0 Å². The first-order valence-corrected chi connectivity index (χ1v) is 11.4. The van der Waals surface area contributed by atoms with Gasteiger partial charge in [0.1, 0.15) is 4.83 Å². The molecule has 1 unspecified atom stereocenters. The van der Waals surface area contributed by atoms with Crippen LogP contribution >= 0.6 is 15.9 Å². The van der Waals surface area contributed by atoms with Crippen LogP contribution in [-0.4, -0.2) is 17.4 Å². The largest absolute Gasteiger partial charge is 0.465 e. The summed E-state index contributed by atoms with van der Waals surface area (Å²) in [6.45, 7) is 4.66. The molecule has 0 aliphatic carbocycles. The van der Waals surface area contributed by atoms with Gasteiger partial charge in [0.2, 0.25) is 0 Å². The number of alkyl halides is 1. The average Bonchev–Trinajstić information content (AvgIpc) is 2.57. The van der Waals surface area contributed by atoms with Crippen molar-refractivity contribution in [3.05, 3.63) is 0 Å². The number of carbonyl (C=O) groups is 1. The van der Waals surface area contributed by atoms with Crippen molar-refractivity contribution in [3.8, 4) is 0 Å².